The molecule has 5 heteroatoms. The lowest BCUT2D eigenvalue weighted by Gasteiger charge is -2.32. The Bertz CT molecular complexity index is 521. The normalized spacial score (nSPS) is 20.3. The van der Waals surface area contributed by atoms with Crippen LogP contribution < -0.4 is 5.59 Å². The molecule has 2 heterocycles. The van der Waals surface area contributed by atoms with Crippen molar-refractivity contribution in [3.63, 3.8) is 0 Å². The van der Waals surface area contributed by atoms with Gasteiger partial charge < -0.3 is 9.31 Å². The van der Waals surface area contributed by atoms with Crippen LogP contribution in [0.1, 0.15) is 33.4 Å². The summed E-state index contributed by atoms with van der Waals surface area (Å²) in [5, 5.41) is 0. The van der Waals surface area contributed by atoms with Crippen LogP contribution in [0.5, 0.6) is 0 Å². The summed E-state index contributed by atoms with van der Waals surface area (Å²) in [6.07, 6.45) is 5.60. The van der Waals surface area contributed by atoms with E-state index in [2.05, 4.69) is 10.9 Å². The molecule has 1 fully saturated rings. The fourth-order valence-electron chi connectivity index (χ4n) is 1.82. The highest BCUT2D eigenvalue weighted by molar-refractivity contribution is 6.61. The number of rotatable bonds is 2. The first-order valence-corrected chi connectivity index (χ1v) is 6.21. The second-order valence-electron chi connectivity index (χ2n) is 5.64. The fourth-order valence-corrected chi connectivity index (χ4v) is 1.82. The smallest absolute Gasteiger partial charge is 0.398 e. The predicted molar refractivity (Wildman–Crippen MR) is 72.4 cm³/mol. The maximum Gasteiger partial charge on any atom is 0.517 e. The molecule has 0 radical (unpaired) electrons. The van der Waals surface area contributed by atoms with Gasteiger partial charge in [0.2, 0.25) is 0 Å². The molecule has 0 bridgehead atoms. The summed E-state index contributed by atoms with van der Waals surface area (Å²) in [7, 11) is -0.803. The molecule has 19 heavy (non-hydrogen) atoms. The zero-order valence-electron chi connectivity index (χ0n) is 11.7. The average molecular weight is 261 g/mol. The molecule has 3 nitrogen and oxygen atoms in total. The van der Waals surface area contributed by atoms with Gasteiger partial charge in [-0.3, -0.25) is 4.98 Å². The summed E-state index contributed by atoms with van der Waals surface area (Å²) < 4.78 is 25.5. The van der Waals surface area contributed by atoms with Gasteiger partial charge in [-0.1, -0.05) is 0 Å². The van der Waals surface area contributed by atoms with Gasteiger partial charge >= 0.3 is 7.12 Å². The van der Waals surface area contributed by atoms with Crippen molar-refractivity contribution in [1.29, 1.82) is 0 Å². The van der Waals surface area contributed by atoms with Crippen LogP contribution in [0, 0.1) is 18.2 Å². The Balaban J connectivity index is 2.34. The van der Waals surface area contributed by atoms with Gasteiger partial charge in [-0.2, -0.15) is 0 Å². The van der Waals surface area contributed by atoms with E-state index in [9.17, 15) is 4.39 Å². The highest BCUT2D eigenvalue weighted by Crippen LogP contribution is 2.36. The quantitative estimate of drug-likeness (QED) is 0.599. The molecule has 1 aromatic rings. The molecule has 0 atom stereocenters. The van der Waals surface area contributed by atoms with E-state index >= 15 is 0 Å². The van der Waals surface area contributed by atoms with E-state index in [1.165, 1.54) is 6.07 Å². The third kappa shape index (κ3) is 2.51. The summed E-state index contributed by atoms with van der Waals surface area (Å²) in [6, 6.07) is 2.92. The molecule has 1 aromatic heterocycles. The number of nitrogens with zero attached hydrogens (tertiary/aromatic N) is 1. The Morgan fingerprint density at radius 2 is 1.84 bits per heavy atom. The first-order valence-electron chi connectivity index (χ1n) is 6.21. The molecule has 0 saturated carbocycles. The van der Waals surface area contributed by atoms with Gasteiger partial charge in [0.05, 0.1) is 23.3 Å². The van der Waals surface area contributed by atoms with Crippen LogP contribution in [-0.4, -0.2) is 23.3 Å². The number of halogens is 1. The van der Waals surface area contributed by atoms with Gasteiger partial charge in [-0.25, -0.2) is 4.39 Å². The molecular weight excluding hydrogens is 244 g/mol. The summed E-state index contributed by atoms with van der Waals surface area (Å²) in [4.78, 5) is 4.21. The number of terminal acetylenes is 1. The highest BCUT2D eigenvalue weighted by atomic mass is 19.1. The van der Waals surface area contributed by atoms with Crippen molar-refractivity contribution < 1.29 is 13.7 Å². The van der Waals surface area contributed by atoms with Gasteiger partial charge in [0, 0.05) is 0 Å². The number of aromatic nitrogens is 1. The van der Waals surface area contributed by atoms with Crippen molar-refractivity contribution in [2.45, 2.75) is 45.3 Å². The van der Waals surface area contributed by atoms with Crippen LogP contribution in [0.15, 0.2) is 12.1 Å². The number of hydrogen-bond acceptors (Lipinski definition) is 3. The Morgan fingerprint density at radius 3 is 2.37 bits per heavy atom. The van der Waals surface area contributed by atoms with Gasteiger partial charge in [0.15, 0.2) is 0 Å². The maximum atomic E-state index is 13.9. The van der Waals surface area contributed by atoms with Crippen LogP contribution in [0.25, 0.3) is 0 Å². The van der Waals surface area contributed by atoms with E-state index < -0.39 is 24.1 Å². The van der Waals surface area contributed by atoms with E-state index in [1.807, 2.05) is 27.7 Å². The first-order chi connectivity index (χ1) is 8.77. The fraction of sp³-hybridized carbons (Fsp3) is 0.500. The predicted octanol–water partition coefficient (Wildman–Crippen LogP) is 1.70. The standard InChI is InChI=1S/C14H17BFNO2/c1-6-7-10-8-9-11(16)12(17-10)15-18-13(2,3)14(4,5)19-15/h1,8-9H,7H2,2-5H3. The second kappa shape index (κ2) is 4.62. The van der Waals surface area contributed by atoms with Crippen LogP contribution in [0.2, 0.25) is 0 Å². The molecule has 0 spiro atoms. The summed E-state index contributed by atoms with van der Waals surface area (Å²) >= 11 is 0. The van der Waals surface area contributed by atoms with Crippen molar-refractivity contribution in [3.8, 4) is 12.3 Å². The molecule has 0 unspecified atom stereocenters. The van der Waals surface area contributed by atoms with Gasteiger partial charge in [-0.15, -0.1) is 12.3 Å². The molecule has 1 saturated heterocycles. The number of hydrogen-bond donors (Lipinski definition) is 0. The second-order valence-corrected chi connectivity index (χ2v) is 5.64. The Hall–Kier alpha value is -1.38. The van der Waals surface area contributed by atoms with Gasteiger partial charge in [0.25, 0.3) is 0 Å². The van der Waals surface area contributed by atoms with E-state index in [1.54, 1.807) is 6.07 Å². The minimum atomic E-state index is -0.803. The Kier molecular flexibility index (Phi) is 3.42. The molecule has 1 aliphatic heterocycles. The van der Waals surface area contributed by atoms with Crippen molar-refractivity contribution in [1.82, 2.24) is 4.98 Å². The minimum Gasteiger partial charge on any atom is -0.398 e. The van der Waals surface area contributed by atoms with Gasteiger partial charge in [0.1, 0.15) is 11.4 Å². The molecule has 1 aliphatic rings. The summed E-state index contributed by atoms with van der Waals surface area (Å²) in [6.45, 7) is 7.65. The largest absolute Gasteiger partial charge is 0.517 e. The minimum absolute atomic E-state index is 0.159. The van der Waals surface area contributed by atoms with E-state index in [4.69, 9.17) is 15.7 Å². The first kappa shape index (κ1) is 14.0. The lowest BCUT2D eigenvalue weighted by atomic mass is 9.83. The van der Waals surface area contributed by atoms with Gasteiger partial charge in [-0.05, 0) is 39.8 Å². The zero-order chi connectivity index (χ0) is 14.3. The lowest BCUT2D eigenvalue weighted by Crippen LogP contribution is -2.41. The monoisotopic (exact) mass is 261 g/mol. The molecule has 2 rings (SSSR count). The highest BCUT2D eigenvalue weighted by Gasteiger charge is 2.53. The SMILES string of the molecule is C#CCc1ccc(F)c(B2OC(C)(C)C(C)(C)O2)n1. The van der Waals surface area contributed by atoms with Crippen molar-refractivity contribution >= 4 is 12.7 Å². The molecule has 100 valence electrons. The maximum absolute atomic E-state index is 13.9. The zero-order valence-corrected chi connectivity index (χ0v) is 11.7. The molecule has 0 aliphatic carbocycles. The van der Waals surface area contributed by atoms with Crippen molar-refractivity contribution in [2.24, 2.45) is 0 Å². The third-order valence-electron chi connectivity index (χ3n) is 3.69. The van der Waals surface area contributed by atoms with Crippen LogP contribution in [0.3, 0.4) is 0 Å². The summed E-state index contributed by atoms with van der Waals surface area (Å²) in [5.41, 5.74) is -0.248. The molecule has 0 amide bonds. The van der Waals surface area contributed by atoms with E-state index in [-0.39, 0.29) is 5.59 Å². The van der Waals surface area contributed by atoms with Crippen molar-refractivity contribution in [2.75, 3.05) is 0 Å². The molecule has 0 aromatic carbocycles. The van der Waals surface area contributed by atoms with Crippen LogP contribution in [-0.2, 0) is 15.7 Å². The topological polar surface area (TPSA) is 31.4 Å². The van der Waals surface area contributed by atoms with Crippen LogP contribution >= 0.6 is 0 Å². The summed E-state index contributed by atoms with van der Waals surface area (Å²) in [5.74, 6) is 2.04. The van der Waals surface area contributed by atoms with E-state index in [0.717, 1.165) is 0 Å². The third-order valence-corrected chi connectivity index (χ3v) is 3.69. The van der Waals surface area contributed by atoms with Crippen LogP contribution in [0.4, 0.5) is 4.39 Å². The Morgan fingerprint density at radius 1 is 1.26 bits per heavy atom. The van der Waals surface area contributed by atoms with Crippen molar-refractivity contribution in [3.05, 3.63) is 23.6 Å². The Labute approximate surface area is 113 Å². The average Bonchev–Trinajstić information content (AvgIpc) is 2.51. The lowest BCUT2D eigenvalue weighted by molar-refractivity contribution is 0.00578. The van der Waals surface area contributed by atoms with E-state index in [0.29, 0.717) is 12.1 Å². The number of pyridine rings is 1. The molecule has 0 N–H and O–H groups in total. The molecular formula is C14H17BFNO2.